The number of ketones is 1. The Morgan fingerprint density at radius 1 is 0.893 bits per heavy atom. The molecular formula is C26H25NO. The number of Topliss-reactive ketones (excluding diaryl/α,β-unsaturated/α-hetero) is 1. The number of aryl methyl sites for hydroxylation is 3. The summed E-state index contributed by atoms with van der Waals surface area (Å²) in [5.74, 6) is 0.194. The highest BCUT2D eigenvalue weighted by molar-refractivity contribution is 5.97. The molecule has 3 aromatic carbocycles. The molecule has 0 saturated heterocycles. The van der Waals surface area contributed by atoms with Gasteiger partial charge in [-0.1, -0.05) is 66.2 Å². The van der Waals surface area contributed by atoms with E-state index in [4.69, 9.17) is 0 Å². The van der Waals surface area contributed by atoms with Crippen LogP contribution in [0, 0.1) is 20.8 Å². The summed E-state index contributed by atoms with van der Waals surface area (Å²) in [7, 11) is 0. The van der Waals surface area contributed by atoms with Crippen LogP contribution in [-0.2, 0) is 0 Å². The molecule has 2 nitrogen and oxygen atoms in total. The molecule has 0 aliphatic carbocycles. The predicted octanol–water partition coefficient (Wildman–Crippen LogP) is 6.50. The first-order chi connectivity index (χ1) is 13.5. The van der Waals surface area contributed by atoms with Gasteiger partial charge >= 0.3 is 0 Å². The third-order valence-electron chi connectivity index (χ3n) is 5.57. The minimum Gasteiger partial charge on any atom is -0.361 e. The quantitative estimate of drug-likeness (QED) is 0.401. The summed E-state index contributed by atoms with van der Waals surface area (Å²) in [6, 6.07) is 22.4. The highest BCUT2D eigenvalue weighted by Gasteiger charge is 2.25. The van der Waals surface area contributed by atoms with Crippen LogP contribution < -0.4 is 0 Å². The lowest BCUT2D eigenvalue weighted by atomic mass is 9.81. The fourth-order valence-corrected chi connectivity index (χ4v) is 4.42. The van der Waals surface area contributed by atoms with Crippen molar-refractivity contribution >= 4 is 16.7 Å². The van der Waals surface area contributed by atoms with E-state index in [1.54, 1.807) is 0 Å². The van der Waals surface area contributed by atoms with E-state index in [9.17, 15) is 4.79 Å². The molecule has 1 heterocycles. The van der Waals surface area contributed by atoms with E-state index in [2.05, 4.69) is 62.3 Å². The number of hydrogen-bond acceptors (Lipinski definition) is 1. The van der Waals surface area contributed by atoms with Crippen molar-refractivity contribution in [1.82, 2.24) is 4.98 Å². The number of nitrogens with one attached hydrogen (secondary N) is 1. The number of carbonyl (C=O) groups is 1. The SMILES string of the molecule is Cc1cc(C)c(C(CC(=O)c2ccccc2)c2c[nH]c3ccccc23)c(C)c1. The Morgan fingerprint density at radius 2 is 1.54 bits per heavy atom. The van der Waals surface area contributed by atoms with Gasteiger partial charge in [-0.15, -0.1) is 0 Å². The molecule has 1 aromatic heterocycles. The van der Waals surface area contributed by atoms with Crippen molar-refractivity contribution in [1.29, 1.82) is 0 Å². The first kappa shape index (κ1) is 18.2. The highest BCUT2D eigenvalue weighted by atomic mass is 16.1. The van der Waals surface area contributed by atoms with Crippen LogP contribution in [0.4, 0.5) is 0 Å². The van der Waals surface area contributed by atoms with E-state index < -0.39 is 0 Å². The smallest absolute Gasteiger partial charge is 0.163 e. The van der Waals surface area contributed by atoms with Gasteiger partial charge in [-0.25, -0.2) is 0 Å². The van der Waals surface area contributed by atoms with Crippen LogP contribution >= 0.6 is 0 Å². The van der Waals surface area contributed by atoms with E-state index in [-0.39, 0.29) is 11.7 Å². The molecule has 0 aliphatic heterocycles. The molecule has 4 aromatic rings. The Morgan fingerprint density at radius 3 is 2.25 bits per heavy atom. The second-order valence-electron chi connectivity index (χ2n) is 7.65. The largest absolute Gasteiger partial charge is 0.361 e. The molecule has 28 heavy (non-hydrogen) atoms. The Balaban J connectivity index is 1.86. The third-order valence-corrected chi connectivity index (χ3v) is 5.57. The Bertz CT molecular complexity index is 1110. The number of carbonyl (C=O) groups excluding carboxylic acids is 1. The van der Waals surface area contributed by atoms with Crippen LogP contribution in [0.5, 0.6) is 0 Å². The van der Waals surface area contributed by atoms with Crippen LogP contribution in [0.25, 0.3) is 10.9 Å². The second-order valence-corrected chi connectivity index (χ2v) is 7.65. The molecule has 1 unspecified atom stereocenters. The van der Waals surface area contributed by atoms with Crippen LogP contribution in [0.2, 0.25) is 0 Å². The second kappa shape index (κ2) is 7.47. The standard InChI is InChI=1S/C26H25NO/c1-17-13-18(2)26(19(3)14-17)22(15-25(28)20-9-5-4-6-10-20)23-16-27-24-12-8-7-11-21(23)24/h4-14,16,22,27H,15H2,1-3H3. The number of rotatable bonds is 5. The minimum atomic E-state index is 0.0180. The lowest BCUT2D eigenvalue weighted by Gasteiger charge is -2.22. The van der Waals surface area contributed by atoms with Gasteiger partial charge in [0.15, 0.2) is 5.78 Å². The normalized spacial score (nSPS) is 12.2. The molecule has 0 saturated carbocycles. The lowest BCUT2D eigenvalue weighted by molar-refractivity contribution is 0.0977. The lowest BCUT2D eigenvalue weighted by Crippen LogP contribution is -2.12. The molecule has 4 rings (SSSR count). The Kier molecular flexibility index (Phi) is 4.87. The summed E-state index contributed by atoms with van der Waals surface area (Å²) in [4.78, 5) is 16.5. The summed E-state index contributed by atoms with van der Waals surface area (Å²) < 4.78 is 0. The van der Waals surface area contributed by atoms with E-state index >= 15 is 0 Å². The van der Waals surface area contributed by atoms with Crippen molar-refractivity contribution in [3.05, 3.63) is 106 Å². The van der Waals surface area contributed by atoms with Crippen molar-refractivity contribution in [3.8, 4) is 0 Å². The minimum absolute atomic E-state index is 0.0180. The molecule has 0 bridgehead atoms. The molecule has 0 spiro atoms. The molecule has 0 aliphatic rings. The Hall–Kier alpha value is -3.13. The van der Waals surface area contributed by atoms with Gasteiger partial charge in [-0.05, 0) is 49.1 Å². The number of aromatic nitrogens is 1. The summed E-state index contributed by atoms with van der Waals surface area (Å²) in [6.45, 7) is 6.44. The van der Waals surface area contributed by atoms with Crippen LogP contribution in [0.3, 0.4) is 0 Å². The highest BCUT2D eigenvalue weighted by Crippen LogP contribution is 2.37. The van der Waals surface area contributed by atoms with Crippen molar-refractivity contribution < 1.29 is 4.79 Å². The maximum absolute atomic E-state index is 13.1. The number of fused-ring (bicyclic) bond motifs is 1. The van der Waals surface area contributed by atoms with Crippen molar-refractivity contribution in [2.45, 2.75) is 33.1 Å². The van der Waals surface area contributed by atoms with Gasteiger partial charge in [-0.2, -0.15) is 0 Å². The summed E-state index contributed by atoms with van der Waals surface area (Å²) in [5.41, 5.74) is 8.08. The van der Waals surface area contributed by atoms with E-state index in [1.807, 2.05) is 36.4 Å². The van der Waals surface area contributed by atoms with E-state index in [0.29, 0.717) is 6.42 Å². The van der Waals surface area contributed by atoms with Gasteiger partial charge in [0.25, 0.3) is 0 Å². The molecule has 0 fully saturated rings. The van der Waals surface area contributed by atoms with Gasteiger partial charge in [0, 0.05) is 35.0 Å². The Labute approximate surface area is 166 Å². The van der Waals surface area contributed by atoms with Crippen molar-refractivity contribution in [3.63, 3.8) is 0 Å². The first-order valence-corrected chi connectivity index (χ1v) is 9.76. The number of benzene rings is 3. The van der Waals surface area contributed by atoms with Crippen LogP contribution in [0.15, 0.2) is 72.9 Å². The zero-order valence-corrected chi connectivity index (χ0v) is 16.6. The van der Waals surface area contributed by atoms with Gasteiger partial charge in [0.1, 0.15) is 0 Å². The summed E-state index contributed by atoms with van der Waals surface area (Å²) in [6.07, 6.45) is 2.53. The molecule has 140 valence electrons. The molecule has 0 amide bonds. The topological polar surface area (TPSA) is 32.9 Å². The molecule has 1 N–H and O–H groups in total. The van der Waals surface area contributed by atoms with Crippen LogP contribution in [0.1, 0.15) is 50.5 Å². The molecule has 1 atom stereocenters. The maximum atomic E-state index is 13.1. The van der Waals surface area contributed by atoms with Crippen molar-refractivity contribution in [2.24, 2.45) is 0 Å². The van der Waals surface area contributed by atoms with Crippen LogP contribution in [-0.4, -0.2) is 10.8 Å². The number of aromatic amines is 1. The molecule has 2 heteroatoms. The third kappa shape index (κ3) is 3.38. The zero-order valence-electron chi connectivity index (χ0n) is 16.6. The maximum Gasteiger partial charge on any atom is 0.163 e. The zero-order chi connectivity index (χ0) is 19.7. The first-order valence-electron chi connectivity index (χ1n) is 9.76. The van der Waals surface area contributed by atoms with Crippen molar-refractivity contribution in [2.75, 3.05) is 0 Å². The average molecular weight is 367 g/mol. The van der Waals surface area contributed by atoms with Gasteiger partial charge < -0.3 is 4.98 Å². The monoisotopic (exact) mass is 367 g/mol. The van der Waals surface area contributed by atoms with E-state index in [0.717, 1.165) is 11.1 Å². The number of para-hydroxylation sites is 1. The number of hydrogen-bond donors (Lipinski definition) is 1. The molecular weight excluding hydrogens is 342 g/mol. The number of H-pyrrole nitrogens is 1. The van der Waals surface area contributed by atoms with Gasteiger partial charge in [0.2, 0.25) is 0 Å². The van der Waals surface area contributed by atoms with E-state index in [1.165, 1.54) is 33.2 Å². The molecule has 0 radical (unpaired) electrons. The average Bonchev–Trinajstić information content (AvgIpc) is 3.11. The summed E-state index contributed by atoms with van der Waals surface area (Å²) in [5, 5.41) is 1.19. The predicted molar refractivity (Wildman–Crippen MR) is 116 cm³/mol. The van der Waals surface area contributed by atoms with Gasteiger partial charge in [0.05, 0.1) is 0 Å². The van der Waals surface area contributed by atoms with Gasteiger partial charge in [-0.3, -0.25) is 4.79 Å². The fourth-order valence-electron chi connectivity index (χ4n) is 4.42. The summed E-state index contributed by atoms with van der Waals surface area (Å²) >= 11 is 0. The fraction of sp³-hybridized carbons (Fsp3) is 0.192.